The lowest BCUT2D eigenvalue weighted by Gasteiger charge is -2.07. The number of rotatable bonds is 4. The van der Waals surface area contributed by atoms with Crippen LogP contribution in [0.5, 0.6) is 5.75 Å². The molecule has 0 aliphatic heterocycles. The quantitative estimate of drug-likeness (QED) is 0.662. The van der Waals surface area contributed by atoms with Crippen LogP contribution in [0.4, 0.5) is 10.5 Å². The molecule has 1 aromatic heterocycles. The Kier molecular flexibility index (Phi) is 4.02. The molecule has 0 fully saturated rings. The van der Waals surface area contributed by atoms with Gasteiger partial charge in [0.05, 0.1) is 6.54 Å². The fourth-order valence-corrected chi connectivity index (χ4v) is 1.54. The largest absolute Gasteiger partial charge is 0.507 e. The number of carboxylic acid groups (broad SMARTS) is 1. The molecule has 0 bridgehead atoms. The summed E-state index contributed by atoms with van der Waals surface area (Å²) in [5, 5.41) is 26.8. The average Bonchev–Trinajstić information content (AvgIpc) is 2.82. The number of nitrogens with zero attached hydrogens (tertiary/aromatic N) is 2. The summed E-state index contributed by atoms with van der Waals surface area (Å²) in [6, 6.07) is 3.14. The van der Waals surface area contributed by atoms with Crippen LogP contribution in [0, 0.1) is 6.92 Å². The first-order chi connectivity index (χ1) is 9.95. The van der Waals surface area contributed by atoms with Gasteiger partial charge in [0.2, 0.25) is 5.89 Å². The standard InChI is InChI=1S/C12H12N4O5/c1-6-14-10(16-21-6)5-13-12(20)15-7-2-3-8(11(18)19)9(17)4-7/h2-4,17H,5H2,1H3,(H,18,19)(H2,13,15,20). The lowest BCUT2D eigenvalue weighted by molar-refractivity contribution is 0.0694. The minimum atomic E-state index is -1.25. The Labute approximate surface area is 118 Å². The molecule has 21 heavy (non-hydrogen) atoms. The highest BCUT2D eigenvalue weighted by atomic mass is 16.5. The van der Waals surface area contributed by atoms with Gasteiger partial charge in [-0.1, -0.05) is 5.16 Å². The van der Waals surface area contributed by atoms with Crippen molar-refractivity contribution in [2.75, 3.05) is 5.32 Å². The van der Waals surface area contributed by atoms with Gasteiger partial charge in [-0.25, -0.2) is 9.59 Å². The van der Waals surface area contributed by atoms with Gasteiger partial charge in [0.25, 0.3) is 0 Å². The lowest BCUT2D eigenvalue weighted by atomic mass is 10.2. The molecule has 0 saturated carbocycles. The molecule has 0 unspecified atom stereocenters. The van der Waals surface area contributed by atoms with Gasteiger partial charge in [-0.2, -0.15) is 4.98 Å². The molecule has 0 spiro atoms. The zero-order valence-electron chi connectivity index (χ0n) is 11.0. The van der Waals surface area contributed by atoms with E-state index < -0.39 is 17.7 Å². The summed E-state index contributed by atoms with van der Waals surface area (Å²) < 4.78 is 4.74. The van der Waals surface area contributed by atoms with E-state index in [1.54, 1.807) is 6.92 Å². The molecule has 1 heterocycles. The summed E-state index contributed by atoms with van der Waals surface area (Å²) in [6.45, 7) is 1.70. The van der Waals surface area contributed by atoms with Gasteiger partial charge in [0.15, 0.2) is 5.82 Å². The third-order valence-electron chi connectivity index (χ3n) is 2.46. The molecule has 0 radical (unpaired) electrons. The van der Waals surface area contributed by atoms with E-state index in [1.165, 1.54) is 12.1 Å². The highest BCUT2D eigenvalue weighted by Gasteiger charge is 2.11. The van der Waals surface area contributed by atoms with Crippen molar-refractivity contribution in [2.45, 2.75) is 13.5 Å². The maximum Gasteiger partial charge on any atom is 0.339 e. The third-order valence-corrected chi connectivity index (χ3v) is 2.46. The number of aromatic hydroxyl groups is 1. The van der Waals surface area contributed by atoms with Gasteiger partial charge >= 0.3 is 12.0 Å². The number of aryl methyl sites for hydroxylation is 1. The number of aromatic carboxylic acids is 1. The molecule has 0 atom stereocenters. The smallest absolute Gasteiger partial charge is 0.339 e. The normalized spacial score (nSPS) is 10.1. The minimum Gasteiger partial charge on any atom is -0.507 e. The lowest BCUT2D eigenvalue weighted by Crippen LogP contribution is -2.28. The number of nitrogens with one attached hydrogen (secondary N) is 2. The van der Waals surface area contributed by atoms with Crippen molar-refractivity contribution in [2.24, 2.45) is 0 Å². The summed E-state index contributed by atoms with van der Waals surface area (Å²) in [7, 11) is 0. The molecule has 9 heteroatoms. The van der Waals surface area contributed by atoms with Crippen molar-refractivity contribution in [1.29, 1.82) is 0 Å². The molecule has 110 valence electrons. The van der Waals surface area contributed by atoms with Crippen molar-refractivity contribution < 1.29 is 24.3 Å². The first-order valence-corrected chi connectivity index (χ1v) is 5.86. The second-order valence-electron chi connectivity index (χ2n) is 4.07. The second-order valence-corrected chi connectivity index (χ2v) is 4.07. The SMILES string of the molecule is Cc1nc(CNC(=O)Nc2ccc(C(=O)O)c(O)c2)no1. The van der Waals surface area contributed by atoms with Crippen molar-refractivity contribution in [1.82, 2.24) is 15.5 Å². The van der Waals surface area contributed by atoms with E-state index in [-0.39, 0.29) is 17.8 Å². The Morgan fingerprint density at radius 3 is 2.71 bits per heavy atom. The molecule has 0 aliphatic rings. The van der Waals surface area contributed by atoms with Crippen LogP contribution in [-0.4, -0.2) is 32.4 Å². The minimum absolute atomic E-state index is 0.0718. The van der Waals surface area contributed by atoms with Gasteiger partial charge in [0, 0.05) is 18.7 Å². The Bertz CT molecular complexity index is 682. The van der Waals surface area contributed by atoms with Crippen LogP contribution in [0.25, 0.3) is 0 Å². The number of hydrogen-bond acceptors (Lipinski definition) is 6. The second kappa shape index (κ2) is 5.90. The van der Waals surface area contributed by atoms with Crippen LogP contribution in [0.1, 0.15) is 22.1 Å². The first kappa shape index (κ1) is 14.3. The van der Waals surface area contributed by atoms with E-state index in [4.69, 9.17) is 9.63 Å². The zero-order chi connectivity index (χ0) is 15.4. The van der Waals surface area contributed by atoms with Crippen LogP contribution >= 0.6 is 0 Å². The predicted molar refractivity (Wildman–Crippen MR) is 70.0 cm³/mol. The number of carbonyl (C=O) groups is 2. The molecule has 2 amide bonds. The van der Waals surface area contributed by atoms with Gasteiger partial charge in [-0.3, -0.25) is 0 Å². The predicted octanol–water partition coefficient (Wildman–Crippen LogP) is 1.10. The molecule has 4 N–H and O–H groups in total. The Morgan fingerprint density at radius 2 is 2.14 bits per heavy atom. The van der Waals surface area contributed by atoms with Crippen LogP contribution in [-0.2, 0) is 6.54 Å². The maximum atomic E-state index is 11.6. The van der Waals surface area contributed by atoms with E-state index in [0.717, 1.165) is 6.07 Å². The Morgan fingerprint density at radius 1 is 1.38 bits per heavy atom. The highest BCUT2D eigenvalue weighted by molar-refractivity contribution is 5.93. The van der Waals surface area contributed by atoms with E-state index in [0.29, 0.717) is 11.7 Å². The van der Waals surface area contributed by atoms with E-state index in [1.807, 2.05) is 0 Å². The zero-order valence-corrected chi connectivity index (χ0v) is 11.0. The summed E-state index contributed by atoms with van der Waals surface area (Å²) >= 11 is 0. The van der Waals surface area contributed by atoms with Gasteiger partial charge in [-0.15, -0.1) is 0 Å². The average molecular weight is 292 g/mol. The summed E-state index contributed by atoms with van der Waals surface area (Å²) in [5.74, 6) is -0.974. The number of carboxylic acids is 1. The number of aromatic nitrogens is 2. The fraction of sp³-hybridized carbons (Fsp3) is 0.167. The Balaban J connectivity index is 1.93. The molecular weight excluding hydrogens is 280 g/mol. The van der Waals surface area contributed by atoms with Crippen molar-refractivity contribution >= 4 is 17.7 Å². The number of anilines is 1. The summed E-state index contributed by atoms with van der Waals surface area (Å²) in [6.07, 6.45) is 0. The third kappa shape index (κ3) is 3.69. The molecule has 0 aliphatic carbocycles. The van der Waals surface area contributed by atoms with Gasteiger partial charge in [0.1, 0.15) is 11.3 Å². The topological polar surface area (TPSA) is 138 Å². The van der Waals surface area contributed by atoms with E-state index in [2.05, 4.69) is 20.8 Å². The van der Waals surface area contributed by atoms with Crippen LogP contribution in [0.3, 0.4) is 0 Å². The van der Waals surface area contributed by atoms with Crippen molar-refractivity contribution in [3.63, 3.8) is 0 Å². The number of amides is 2. The van der Waals surface area contributed by atoms with Gasteiger partial charge in [-0.05, 0) is 12.1 Å². The van der Waals surface area contributed by atoms with E-state index in [9.17, 15) is 14.7 Å². The molecule has 1 aromatic carbocycles. The summed E-state index contributed by atoms with van der Waals surface area (Å²) in [4.78, 5) is 26.3. The van der Waals surface area contributed by atoms with Crippen molar-refractivity contribution in [3.8, 4) is 5.75 Å². The molecular formula is C12H12N4O5. The molecule has 2 rings (SSSR count). The molecule has 9 nitrogen and oxygen atoms in total. The van der Waals surface area contributed by atoms with Crippen LogP contribution in [0.2, 0.25) is 0 Å². The van der Waals surface area contributed by atoms with Crippen molar-refractivity contribution in [3.05, 3.63) is 35.5 Å². The first-order valence-electron chi connectivity index (χ1n) is 5.86. The Hall–Kier alpha value is -3.10. The fourth-order valence-electron chi connectivity index (χ4n) is 1.54. The number of carbonyl (C=O) groups excluding carboxylic acids is 1. The maximum absolute atomic E-state index is 11.6. The highest BCUT2D eigenvalue weighted by Crippen LogP contribution is 2.21. The number of hydrogen-bond donors (Lipinski definition) is 4. The number of benzene rings is 1. The monoisotopic (exact) mass is 292 g/mol. The number of phenols is 1. The van der Waals surface area contributed by atoms with E-state index >= 15 is 0 Å². The van der Waals surface area contributed by atoms with Gasteiger partial charge < -0.3 is 25.4 Å². The molecule has 2 aromatic rings. The van der Waals surface area contributed by atoms with Crippen LogP contribution in [0.15, 0.2) is 22.7 Å². The summed E-state index contributed by atoms with van der Waals surface area (Å²) in [5.41, 5.74) is 0.00234. The van der Waals surface area contributed by atoms with Crippen LogP contribution < -0.4 is 10.6 Å². The molecule has 0 saturated heterocycles. The number of urea groups is 1.